The summed E-state index contributed by atoms with van der Waals surface area (Å²) in [5, 5.41) is 0. The predicted octanol–water partition coefficient (Wildman–Crippen LogP) is 1.51. The van der Waals surface area contributed by atoms with Gasteiger partial charge in [-0.25, -0.2) is 0 Å². The summed E-state index contributed by atoms with van der Waals surface area (Å²) in [4.78, 5) is 13.3. The van der Waals surface area contributed by atoms with Crippen LogP contribution in [-0.2, 0) is 11.3 Å². The van der Waals surface area contributed by atoms with Gasteiger partial charge in [0, 0.05) is 30.0 Å². The number of carbonyl (C=O) groups excluding carboxylic acids is 1. The molecular weight excluding hydrogens is 256 g/mol. The van der Waals surface area contributed by atoms with E-state index in [0.29, 0.717) is 19.5 Å². The van der Waals surface area contributed by atoms with Crippen LogP contribution in [0.15, 0.2) is 28.7 Å². The molecule has 2 N–H and O–H groups in total. The molecule has 1 heterocycles. The van der Waals surface area contributed by atoms with E-state index in [1.807, 2.05) is 29.2 Å². The highest BCUT2D eigenvalue weighted by Gasteiger charge is 2.26. The summed E-state index contributed by atoms with van der Waals surface area (Å²) in [5.74, 6) is 0.151. The number of rotatable bonds is 2. The molecule has 0 bridgehead atoms. The number of likely N-dealkylation sites (tertiary alicyclic amines) is 1. The van der Waals surface area contributed by atoms with Crippen molar-refractivity contribution in [1.82, 2.24) is 4.90 Å². The van der Waals surface area contributed by atoms with Gasteiger partial charge in [-0.3, -0.25) is 4.79 Å². The Balaban J connectivity index is 2.09. The Labute approximate surface area is 97.4 Å². The predicted molar refractivity (Wildman–Crippen MR) is 62.2 cm³/mol. The van der Waals surface area contributed by atoms with Crippen molar-refractivity contribution >= 4 is 21.8 Å². The lowest BCUT2D eigenvalue weighted by molar-refractivity contribution is -0.128. The second kappa shape index (κ2) is 4.33. The average Bonchev–Trinajstić information content (AvgIpc) is 2.49. The molecule has 1 fully saturated rings. The van der Waals surface area contributed by atoms with Crippen molar-refractivity contribution < 1.29 is 4.79 Å². The maximum Gasteiger partial charge on any atom is 0.224 e. The fraction of sp³-hybridized carbons (Fsp3) is 0.364. The van der Waals surface area contributed by atoms with Crippen LogP contribution in [0.25, 0.3) is 0 Å². The number of nitrogens with zero attached hydrogens (tertiary/aromatic N) is 1. The largest absolute Gasteiger partial charge is 0.337 e. The van der Waals surface area contributed by atoms with Gasteiger partial charge in [0.1, 0.15) is 0 Å². The van der Waals surface area contributed by atoms with E-state index in [9.17, 15) is 4.79 Å². The minimum Gasteiger partial charge on any atom is -0.337 e. The van der Waals surface area contributed by atoms with E-state index in [4.69, 9.17) is 5.73 Å². The van der Waals surface area contributed by atoms with Gasteiger partial charge >= 0.3 is 0 Å². The van der Waals surface area contributed by atoms with Crippen LogP contribution in [0.5, 0.6) is 0 Å². The van der Waals surface area contributed by atoms with Crippen molar-refractivity contribution in [3.05, 3.63) is 34.3 Å². The van der Waals surface area contributed by atoms with Gasteiger partial charge in [-0.1, -0.05) is 34.1 Å². The first-order valence-electron chi connectivity index (χ1n) is 4.93. The number of carbonyl (C=O) groups is 1. The number of halogens is 1. The van der Waals surface area contributed by atoms with Gasteiger partial charge in [-0.15, -0.1) is 0 Å². The average molecular weight is 269 g/mol. The maximum absolute atomic E-state index is 11.5. The number of benzene rings is 1. The zero-order chi connectivity index (χ0) is 10.8. The van der Waals surface area contributed by atoms with Crippen molar-refractivity contribution in [2.45, 2.75) is 19.0 Å². The molecule has 2 rings (SSSR count). The zero-order valence-corrected chi connectivity index (χ0v) is 9.90. The molecule has 1 aromatic carbocycles. The van der Waals surface area contributed by atoms with Crippen LogP contribution in [-0.4, -0.2) is 23.4 Å². The van der Waals surface area contributed by atoms with E-state index in [-0.39, 0.29) is 11.9 Å². The van der Waals surface area contributed by atoms with E-state index in [0.717, 1.165) is 10.0 Å². The standard InChI is InChI=1S/C11H13BrN2O/c12-10-4-2-1-3-8(10)6-14-7-9(13)5-11(14)15/h1-4,9H,5-7,13H2. The second-order valence-corrected chi connectivity index (χ2v) is 4.68. The smallest absolute Gasteiger partial charge is 0.224 e. The van der Waals surface area contributed by atoms with Crippen molar-refractivity contribution in [2.24, 2.45) is 5.73 Å². The van der Waals surface area contributed by atoms with Gasteiger partial charge in [-0.2, -0.15) is 0 Å². The number of hydrogen-bond donors (Lipinski definition) is 1. The van der Waals surface area contributed by atoms with E-state index in [1.165, 1.54) is 0 Å². The fourth-order valence-corrected chi connectivity index (χ4v) is 2.20. The Morgan fingerprint density at radius 1 is 1.47 bits per heavy atom. The molecule has 1 unspecified atom stereocenters. The van der Waals surface area contributed by atoms with E-state index in [1.54, 1.807) is 0 Å². The number of nitrogens with two attached hydrogens (primary N) is 1. The second-order valence-electron chi connectivity index (χ2n) is 3.83. The molecule has 1 aliphatic rings. The number of hydrogen-bond acceptors (Lipinski definition) is 2. The highest BCUT2D eigenvalue weighted by Crippen LogP contribution is 2.20. The minimum absolute atomic E-state index is 0.0000113. The quantitative estimate of drug-likeness (QED) is 0.884. The van der Waals surface area contributed by atoms with Crippen LogP contribution < -0.4 is 5.73 Å². The third-order valence-corrected chi connectivity index (χ3v) is 3.34. The van der Waals surface area contributed by atoms with Gasteiger partial charge in [0.05, 0.1) is 0 Å². The van der Waals surface area contributed by atoms with Crippen LogP contribution in [0.2, 0.25) is 0 Å². The summed E-state index contributed by atoms with van der Waals surface area (Å²) >= 11 is 3.47. The first-order chi connectivity index (χ1) is 7.16. The van der Waals surface area contributed by atoms with E-state index < -0.39 is 0 Å². The molecular formula is C11H13BrN2O. The molecule has 1 amide bonds. The molecule has 0 aromatic heterocycles. The van der Waals surface area contributed by atoms with E-state index in [2.05, 4.69) is 15.9 Å². The molecule has 4 heteroatoms. The molecule has 0 aliphatic carbocycles. The highest BCUT2D eigenvalue weighted by molar-refractivity contribution is 9.10. The monoisotopic (exact) mass is 268 g/mol. The van der Waals surface area contributed by atoms with Crippen LogP contribution >= 0.6 is 15.9 Å². The Morgan fingerprint density at radius 2 is 2.20 bits per heavy atom. The molecule has 0 radical (unpaired) electrons. The summed E-state index contributed by atoms with van der Waals surface area (Å²) in [6.07, 6.45) is 0.477. The lowest BCUT2D eigenvalue weighted by Gasteiger charge is -2.16. The molecule has 3 nitrogen and oxygen atoms in total. The lowest BCUT2D eigenvalue weighted by atomic mass is 10.2. The van der Waals surface area contributed by atoms with Crippen molar-refractivity contribution in [3.63, 3.8) is 0 Å². The van der Waals surface area contributed by atoms with Gasteiger partial charge in [0.2, 0.25) is 5.91 Å². The third-order valence-electron chi connectivity index (χ3n) is 2.56. The SMILES string of the molecule is NC1CC(=O)N(Cc2ccccc2Br)C1. The summed E-state index contributed by atoms with van der Waals surface area (Å²) in [7, 11) is 0. The Hall–Kier alpha value is -0.870. The molecule has 0 spiro atoms. The summed E-state index contributed by atoms with van der Waals surface area (Å²) < 4.78 is 1.04. The molecule has 1 aliphatic heterocycles. The molecule has 0 saturated carbocycles. The summed E-state index contributed by atoms with van der Waals surface area (Å²) in [5.41, 5.74) is 6.86. The maximum atomic E-state index is 11.5. The zero-order valence-electron chi connectivity index (χ0n) is 8.32. The Bertz CT molecular complexity index is 381. The van der Waals surface area contributed by atoms with Crippen molar-refractivity contribution in [3.8, 4) is 0 Å². The van der Waals surface area contributed by atoms with E-state index >= 15 is 0 Å². The fourth-order valence-electron chi connectivity index (χ4n) is 1.79. The van der Waals surface area contributed by atoms with Crippen LogP contribution in [0.4, 0.5) is 0 Å². The molecule has 1 saturated heterocycles. The Kier molecular flexibility index (Phi) is 3.07. The van der Waals surface area contributed by atoms with Gasteiger partial charge < -0.3 is 10.6 Å². The first kappa shape index (κ1) is 10.6. The summed E-state index contributed by atoms with van der Waals surface area (Å²) in [6, 6.07) is 7.93. The van der Waals surface area contributed by atoms with Crippen LogP contribution in [0, 0.1) is 0 Å². The van der Waals surface area contributed by atoms with Gasteiger partial charge in [-0.05, 0) is 11.6 Å². The normalized spacial score (nSPS) is 21.1. The lowest BCUT2D eigenvalue weighted by Crippen LogP contribution is -2.27. The van der Waals surface area contributed by atoms with Crippen molar-refractivity contribution in [1.29, 1.82) is 0 Å². The number of amides is 1. The first-order valence-corrected chi connectivity index (χ1v) is 5.73. The van der Waals surface area contributed by atoms with Crippen LogP contribution in [0.3, 0.4) is 0 Å². The van der Waals surface area contributed by atoms with Gasteiger partial charge in [0.25, 0.3) is 0 Å². The highest BCUT2D eigenvalue weighted by atomic mass is 79.9. The van der Waals surface area contributed by atoms with Crippen molar-refractivity contribution in [2.75, 3.05) is 6.54 Å². The minimum atomic E-state index is -0.0000113. The summed E-state index contributed by atoms with van der Waals surface area (Å²) in [6.45, 7) is 1.31. The molecule has 80 valence electrons. The van der Waals surface area contributed by atoms with Crippen LogP contribution in [0.1, 0.15) is 12.0 Å². The topological polar surface area (TPSA) is 46.3 Å². The Morgan fingerprint density at radius 3 is 2.80 bits per heavy atom. The third kappa shape index (κ3) is 2.38. The van der Waals surface area contributed by atoms with Gasteiger partial charge in [0.15, 0.2) is 0 Å². The molecule has 15 heavy (non-hydrogen) atoms. The molecule has 1 atom stereocenters. The molecule has 1 aromatic rings.